The first-order valence-electron chi connectivity index (χ1n) is 10.0. The molecule has 1 aliphatic heterocycles. The molecule has 1 amide bonds. The van der Waals surface area contributed by atoms with Gasteiger partial charge in [-0.25, -0.2) is 19.2 Å². The number of hydrogen-bond donors (Lipinski definition) is 1. The van der Waals surface area contributed by atoms with E-state index < -0.39 is 23.9 Å². The van der Waals surface area contributed by atoms with Gasteiger partial charge in [-0.3, -0.25) is 9.20 Å². The van der Waals surface area contributed by atoms with Crippen LogP contribution in [0.25, 0.3) is 17.0 Å². The normalized spacial score (nSPS) is 18.9. The maximum absolute atomic E-state index is 14.6. The van der Waals surface area contributed by atoms with Crippen molar-refractivity contribution in [3.05, 3.63) is 48.3 Å². The van der Waals surface area contributed by atoms with Crippen LogP contribution in [0.2, 0.25) is 0 Å². The van der Waals surface area contributed by atoms with Crippen molar-refractivity contribution in [3.8, 4) is 11.4 Å². The van der Waals surface area contributed by atoms with E-state index in [1.54, 1.807) is 51.4 Å². The third-order valence-corrected chi connectivity index (χ3v) is 4.92. The monoisotopic (exact) mass is 425 g/mol. The number of hydrogen-bond acceptors (Lipinski definition) is 6. The quantitative estimate of drug-likeness (QED) is 0.643. The van der Waals surface area contributed by atoms with Gasteiger partial charge in [0.15, 0.2) is 0 Å². The Kier molecular flexibility index (Phi) is 5.34. The molecule has 4 heterocycles. The lowest BCUT2D eigenvalue weighted by Crippen LogP contribution is -2.36. The first-order valence-corrected chi connectivity index (χ1v) is 10.0. The van der Waals surface area contributed by atoms with Gasteiger partial charge in [-0.2, -0.15) is 0 Å². The summed E-state index contributed by atoms with van der Waals surface area (Å²) in [6, 6.07) is 8.20. The third kappa shape index (κ3) is 4.50. The minimum atomic E-state index is -1.24. The fourth-order valence-electron chi connectivity index (χ4n) is 3.48. The number of fused-ring (bicyclic) bond motifs is 1. The van der Waals surface area contributed by atoms with Gasteiger partial charge in [0, 0.05) is 18.3 Å². The number of carbonyl (C=O) groups excluding carboxylic acids is 2. The van der Waals surface area contributed by atoms with Crippen LogP contribution in [0.15, 0.2) is 42.7 Å². The number of halogens is 1. The van der Waals surface area contributed by atoms with E-state index in [-0.39, 0.29) is 13.1 Å². The lowest BCUT2D eigenvalue weighted by atomic mass is 10.2. The molecule has 9 heteroatoms. The number of aldehydes is 1. The molecule has 1 N–H and O–H groups in total. The molecule has 1 aliphatic rings. The van der Waals surface area contributed by atoms with Gasteiger partial charge in [-0.1, -0.05) is 6.07 Å². The van der Waals surface area contributed by atoms with Crippen LogP contribution in [0, 0.1) is 0 Å². The minimum absolute atomic E-state index is 0.0292. The lowest BCUT2D eigenvalue weighted by Gasteiger charge is -2.24. The first kappa shape index (κ1) is 20.8. The molecule has 3 aromatic rings. The van der Waals surface area contributed by atoms with E-state index in [0.29, 0.717) is 22.7 Å². The third-order valence-electron chi connectivity index (χ3n) is 4.92. The minimum Gasteiger partial charge on any atom is -0.444 e. The maximum Gasteiger partial charge on any atom is 0.410 e. The van der Waals surface area contributed by atoms with Crippen LogP contribution < -0.4 is 5.32 Å². The number of likely N-dealkylation sites (tertiary alicyclic amines) is 1. The Morgan fingerprint density at radius 1 is 1.29 bits per heavy atom. The topological polar surface area (TPSA) is 88.8 Å². The molecule has 0 unspecified atom stereocenters. The van der Waals surface area contributed by atoms with Crippen molar-refractivity contribution < 1.29 is 18.7 Å². The van der Waals surface area contributed by atoms with Gasteiger partial charge in [0.05, 0.1) is 30.2 Å². The average molecular weight is 425 g/mol. The van der Waals surface area contributed by atoms with Crippen molar-refractivity contribution in [2.45, 2.75) is 38.6 Å². The Labute approximate surface area is 179 Å². The molecular weight excluding hydrogens is 401 g/mol. The molecule has 0 aromatic carbocycles. The summed E-state index contributed by atoms with van der Waals surface area (Å²) in [5.74, 6) is 0.496. The molecule has 0 bridgehead atoms. The van der Waals surface area contributed by atoms with E-state index in [1.807, 2.05) is 16.5 Å². The fraction of sp³-hybridized carbons (Fsp3) is 0.364. The number of rotatable bonds is 4. The molecule has 0 radical (unpaired) electrons. The second-order valence-corrected chi connectivity index (χ2v) is 8.51. The van der Waals surface area contributed by atoms with Gasteiger partial charge in [-0.15, -0.1) is 0 Å². The summed E-state index contributed by atoms with van der Waals surface area (Å²) in [6.45, 7) is 5.49. The molecule has 4 rings (SSSR count). The number of anilines is 1. The van der Waals surface area contributed by atoms with Crippen LogP contribution in [0.4, 0.5) is 15.0 Å². The number of imidazole rings is 1. The SMILES string of the molecule is CC(C)(C)OC(=O)N1C[C@H](Nc2cccc(-c3cnc4cc(C=O)ccn34)n2)[C@@H](F)C1. The second-order valence-electron chi connectivity index (χ2n) is 8.51. The van der Waals surface area contributed by atoms with E-state index in [0.717, 1.165) is 12.0 Å². The van der Waals surface area contributed by atoms with Crippen LogP contribution >= 0.6 is 0 Å². The molecule has 8 nitrogen and oxygen atoms in total. The summed E-state index contributed by atoms with van der Waals surface area (Å²) in [5, 5.41) is 3.10. The van der Waals surface area contributed by atoms with Gasteiger partial charge in [0.25, 0.3) is 0 Å². The molecular formula is C22H24FN5O3. The summed E-state index contributed by atoms with van der Waals surface area (Å²) < 4.78 is 21.8. The Morgan fingerprint density at radius 3 is 2.84 bits per heavy atom. The first-order chi connectivity index (χ1) is 14.7. The highest BCUT2D eigenvalue weighted by molar-refractivity contribution is 5.77. The molecule has 2 atom stereocenters. The Balaban J connectivity index is 1.51. The van der Waals surface area contributed by atoms with Crippen molar-refractivity contribution >= 4 is 23.8 Å². The zero-order chi connectivity index (χ0) is 22.2. The number of pyridine rings is 2. The molecule has 162 valence electrons. The standard InChI is InChI=1S/C22H24FN5O3/c1-22(2,3)31-21(30)27-11-15(23)17(12-27)26-19-6-4-5-16(25-19)18-10-24-20-9-14(13-29)7-8-28(18)20/h4-10,13,15,17H,11-12H2,1-3H3,(H,25,26)/t15-,17-/m0/s1. The smallest absolute Gasteiger partial charge is 0.410 e. The molecule has 0 aliphatic carbocycles. The van der Waals surface area contributed by atoms with Crippen LogP contribution in [0.3, 0.4) is 0 Å². The maximum atomic E-state index is 14.6. The highest BCUT2D eigenvalue weighted by Crippen LogP contribution is 2.24. The molecule has 1 saturated heterocycles. The Bertz CT molecular complexity index is 1120. The van der Waals surface area contributed by atoms with Crippen LogP contribution in [0.5, 0.6) is 0 Å². The Hall–Kier alpha value is -3.49. The number of carbonyl (C=O) groups is 2. The number of amides is 1. The zero-order valence-electron chi connectivity index (χ0n) is 17.6. The lowest BCUT2D eigenvalue weighted by molar-refractivity contribution is 0.0283. The highest BCUT2D eigenvalue weighted by atomic mass is 19.1. The fourth-order valence-corrected chi connectivity index (χ4v) is 3.48. The van der Waals surface area contributed by atoms with E-state index in [1.165, 1.54) is 4.90 Å². The average Bonchev–Trinajstić information content (AvgIpc) is 3.30. The van der Waals surface area contributed by atoms with Crippen molar-refractivity contribution in [1.82, 2.24) is 19.3 Å². The van der Waals surface area contributed by atoms with Gasteiger partial charge in [0.1, 0.15) is 29.5 Å². The van der Waals surface area contributed by atoms with E-state index in [9.17, 15) is 14.0 Å². The largest absolute Gasteiger partial charge is 0.444 e. The Morgan fingerprint density at radius 2 is 2.10 bits per heavy atom. The molecule has 3 aromatic heterocycles. The van der Waals surface area contributed by atoms with E-state index >= 15 is 0 Å². The van der Waals surface area contributed by atoms with Crippen LogP contribution in [0.1, 0.15) is 31.1 Å². The summed E-state index contributed by atoms with van der Waals surface area (Å²) in [7, 11) is 0. The van der Waals surface area contributed by atoms with Crippen molar-refractivity contribution in [3.63, 3.8) is 0 Å². The summed E-state index contributed by atoms with van der Waals surface area (Å²) in [5.41, 5.74) is 1.93. The van der Waals surface area contributed by atoms with Crippen molar-refractivity contribution in [2.24, 2.45) is 0 Å². The number of aromatic nitrogens is 3. The van der Waals surface area contributed by atoms with Gasteiger partial charge >= 0.3 is 6.09 Å². The highest BCUT2D eigenvalue weighted by Gasteiger charge is 2.37. The number of nitrogens with one attached hydrogen (secondary N) is 1. The molecule has 1 fully saturated rings. The number of alkyl halides is 1. The van der Waals surface area contributed by atoms with Crippen molar-refractivity contribution in [1.29, 1.82) is 0 Å². The van der Waals surface area contributed by atoms with Gasteiger partial charge < -0.3 is 15.0 Å². The number of ether oxygens (including phenoxy) is 1. The zero-order valence-corrected chi connectivity index (χ0v) is 17.6. The van der Waals surface area contributed by atoms with Crippen LogP contribution in [-0.2, 0) is 4.74 Å². The van der Waals surface area contributed by atoms with Gasteiger partial charge in [0.2, 0.25) is 0 Å². The summed E-state index contributed by atoms with van der Waals surface area (Å²) in [4.78, 5) is 33.5. The van der Waals surface area contributed by atoms with Crippen molar-refractivity contribution in [2.75, 3.05) is 18.4 Å². The second kappa shape index (κ2) is 7.98. The van der Waals surface area contributed by atoms with Crippen LogP contribution in [-0.4, -0.2) is 62.6 Å². The number of nitrogens with zero attached hydrogens (tertiary/aromatic N) is 4. The van der Waals surface area contributed by atoms with Gasteiger partial charge in [-0.05, 0) is 45.0 Å². The molecule has 31 heavy (non-hydrogen) atoms. The summed E-state index contributed by atoms with van der Waals surface area (Å²) in [6.07, 6.45) is 2.44. The van der Waals surface area contributed by atoms with E-state index in [4.69, 9.17) is 4.74 Å². The molecule has 0 saturated carbocycles. The van der Waals surface area contributed by atoms with E-state index in [2.05, 4.69) is 15.3 Å². The molecule has 0 spiro atoms. The summed E-state index contributed by atoms with van der Waals surface area (Å²) >= 11 is 0. The predicted octanol–water partition coefficient (Wildman–Crippen LogP) is 3.58. The predicted molar refractivity (Wildman–Crippen MR) is 114 cm³/mol.